The Balaban J connectivity index is 1.52. The number of carbonyl (C=O) groups is 1. The van der Waals surface area contributed by atoms with Crippen LogP contribution in [-0.4, -0.2) is 23.2 Å². The van der Waals surface area contributed by atoms with Crippen LogP contribution in [0.1, 0.15) is 48.1 Å². The first kappa shape index (κ1) is 18.3. The van der Waals surface area contributed by atoms with Crippen LogP contribution in [0.5, 0.6) is 0 Å². The molecule has 1 aliphatic rings. The number of benzene rings is 1. The van der Waals surface area contributed by atoms with Crippen molar-refractivity contribution in [2.75, 3.05) is 6.54 Å². The van der Waals surface area contributed by atoms with Gasteiger partial charge in [-0.15, -0.1) is 0 Å². The summed E-state index contributed by atoms with van der Waals surface area (Å²) in [6.45, 7) is 4.35. The molecule has 0 fully saturated rings. The van der Waals surface area contributed by atoms with Crippen LogP contribution in [-0.2, 0) is 4.79 Å². The molecule has 0 saturated carbocycles. The highest BCUT2D eigenvalue weighted by molar-refractivity contribution is 6.03. The maximum absolute atomic E-state index is 13.0. The molecule has 1 amide bonds. The molecule has 0 bridgehead atoms. The Morgan fingerprint density at radius 2 is 1.93 bits per heavy atom. The number of nitrogens with zero attached hydrogens (tertiary/aromatic N) is 2. The highest BCUT2D eigenvalue weighted by atomic mass is 16.3. The number of nitrogens with two attached hydrogens (primary N) is 1. The molecule has 2 aromatic heterocycles. The van der Waals surface area contributed by atoms with Crippen LogP contribution in [0.15, 0.2) is 75.0 Å². The second kappa shape index (κ2) is 7.86. The number of hydrogen-bond donors (Lipinski definition) is 1. The smallest absolute Gasteiger partial charge is 0.298 e. The first-order valence-electron chi connectivity index (χ1n) is 9.48. The monoisotopic (exact) mass is 378 g/mol. The molecule has 3 heterocycles. The maximum Gasteiger partial charge on any atom is 0.298 e. The van der Waals surface area contributed by atoms with E-state index in [1.54, 1.807) is 17.5 Å². The van der Waals surface area contributed by atoms with Crippen molar-refractivity contribution in [1.82, 2.24) is 5.01 Å². The van der Waals surface area contributed by atoms with Gasteiger partial charge >= 0.3 is 0 Å². The number of hydrazone groups is 1. The molecule has 0 unspecified atom stereocenters. The van der Waals surface area contributed by atoms with E-state index in [0.29, 0.717) is 6.42 Å². The first-order chi connectivity index (χ1) is 13.6. The molecule has 0 spiro atoms. The van der Waals surface area contributed by atoms with Gasteiger partial charge in [-0.3, -0.25) is 4.79 Å². The minimum absolute atomic E-state index is 0.0538. The van der Waals surface area contributed by atoms with E-state index in [9.17, 15) is 4.79 Å². The van der Waals surface area contributed by atoms with Crippen molar-refractivity contribution < 1.29 is 18.9 Å². The molecule has 0 saturated heterocycles. The molecule has 1 aliphatic heterocycles. The Kier molecular flexibility index (Phi) is 5.12. The summed E-state index contributed by atoms with van der Waals surface area (Å²) in [5.41, 5.74) is 3.12. The van der Waals surface area contributed by atoms with Gasteiger partial charge in [-0.05, 0) is 43.7 Å². The highest BCUT2D eigenvalue weighted by Gasteiger charge is 2.35. The average Bonchev–Trinajstić information content (AvgIpc) is 3.47. The Hall–Kier alpha value is -3.12. The summed E-state index contributed by atoms with van der Waals surface area (Å²) in [6, 6.07) is 15.6. The molecule has 0 radical (unpaired) electrons. The van der Waals surface area contributed by atoms with E-state index in [0.717, 1.165) is 22.8 Å². The third-order valence-electron chi connectivity index (χ3n) is 5.06. The third-order valence-corrected chi connectivity index (χ3v) is 5.06. The van der Waals surface area contributed by atoms with Crippen LogP contribution < -0.4 is 5.32 Å². The molecule has 2 N–H and O–H groups in total. The zero-order valence-corrected chi connectivity index (χ0v) is 16.0. The minimum Gasteiger partial charge on any atom is -0.467 e. The van der Waals surface area contributed by atoms with Crippen molar-refractivity contribution in [2.24, 2.45) is 5.10 Å². The van der Waals surface area contributed by atoms with Gasteiger partial charge in [0.2, 0.25) is 0 Å². The van der Waals surface area contributed by atoms with Crippen molar-refractivity contribution in [2.45, 2.75) is 32.4 Å². The van der Waals surface area contributed by atoms with Crippen LogP contribution >= 0.6 is 0 Å². The Morgan fingerprint density at radius 1 is 1.18 bits per heavy atom. The number of hydrogen-bond acceptors (Lipinski definition) is 4. The standard InChI is InChI=1S/C22H23N3O3/c1-15-7-9-17(10-8-15)18-13-19(21-6-4-12-28-21)25(24-18)22(26)14-23-16(2)20-5-3-11-27-20/h3-12,16,19,23H,13-14H2,1-2H3/p+1/t16-,19-/m1/s1. The van der Waals surface area contributed by atoms with Crippen molar-refractivity contribution in [3.63, 3.8) is 0 Å². The zero-order chi connectivity index (χ0) is 19.5. The van der Waals surface area contributed by atoms with E-state index in [1.807, 2.05) is 48.6 Å². The molecule has 28 heavy (non-hydrogen) atoms. The lowest BCUT2D eigenvalue weighted by atomic mass is 10.0. The largest absolute Gasteiger partial charge is 0.467 e. The molecule has 2 atom stereocenters. The predicted octanol–water partition coefficient (Wildman–Crippen LogP) is 3.18. The first-order valence-corrected chi connectivity index (χ1v) is 9.48. The molecular formula is C22H24N3O3+. The van der Waals surface area contributed by atoms with E-state index in [2.05, 4.69) is 24.2 Å². The van der Waals surface area contributed by atoms with Crippen LogP contribution in [0.2, 0.25) is 0 Å². The van der Waals surface area contributed by atoms with E-state index in [-0.39, 0.29) is 24.5 Å². The van der Waals surface area contributed by atoms with E-state index in [1.165, 1.54) is 5.56 Å². The SMILES string of the molecule is Cc1ccc(C2=NN(C(=O)C[NH2+][C@H](C)c3ccco3)[C@@H](c3ccco3)C2)cc1. The van der Waals surface area contributed by atoms with E-state index < -0.39 is 0 Å². The minimum atomic E-state index is -0.217. The zero-order valence-electron chi connectivity index (χ0n) is 16.0. The summed E-state index contributed by atoms with van der Waals surface area (Å²) in [5, 5.41) is 8.19. The third kappa shape index (κ3) is 3.77. The number of quaternary nitrogens is 1. The van der Waals surface area contributed by atoms with E-state index >= 15 is 0 Å². The van der Waals surface area contributed by atoms with Gasteiger partial charge < -0.3 is 14.2 Å². The quantitative estimate of drug-likeness (QED) is 0.716. The molecule has 144 valence electrons. The number of furan rings is 2. The van der Waals surface area contributed by atoms with Crippen LogP contribution in [0, 0.1) is 6.92 Å². The average molecular weight is 378 g/mol. The van der Waals surface area contributed by atoms with Crippen LogP contribution in [0.3, 0.4) is 0 Å². The molecule has 1 aromatic carbocycles. The normalized spacial score (nSPS) is 17.6. The fourth-order valence-electron chi connectivity index (χ4n) is 3.40. The molecule has 6 nitrogen and oxygen atoms in total. The van der Waals surface area contributed by atoms with Gasteiger partial charge in [0.1, 0.15) is 17.8 Å². The van der Waals surface area contributed by atoms with Crippen LogP contribution in [0.4, 0.5) is 0 Å². The lowest BCUT2D eigenvalue weighted by molar-refractivity contribution is -0.685. The Morgan fingerprint density at radius 3 is 2.61 bits per heavy atom. The molecule has 3 aromatic rings. The molecule has 4 rings (SSSR count). The number of rotatable bonds is 6. The van der Waals surface area contributed by atoms with Crippen molar-refractivity contribution in [1.29, 1.82) is 0 Å². The van der Waals surface area contributed by atoms with Gasteiger partial charge in [0.15, 0.2) is 12.3 Å². The summed E-state index contributed by atoms with van der Waals surface area (Å²) in [6.07, 6.45) is 3.91. The summed E-state index contributed by atoms with van der Waals surface area (Å²) in [7, 11) is 0. The summed E-state index contributed by atoms with van der Waals surface area (Å²) >= 11 is 0. The predicted molar refractivity (Wildman–Crippen MR) is 105 cm³/mol. The number of amides is 1. The van der Waals surface area contributed by atoms with Crippen molar-refractivity contribution in [3.05, 3.63) is 83.7 Å². The molecule has 0 aliphatic carbocycles. The Bertz CT molecular complexity index is 944. The topological polar surface area (TPSA) is 75.6 Å². The van der Waals surface area contributed by atoms with Gasteiger partial charge in [-0.1, -0.05) is 29.8 Å². The molecular weight excluding hydrogens is 354 g/mol. The highest BCUT2D eigenvalue weighted by Crippen LogP contribution is 2.32. The summed E-state index contributed by atoms with van der Waals surface area (Å²) < 4.78 is 11.0. The van der Waals surface area contributed by atoms with Gasteiger partial charge in [0.25, 0.3) is 5.91 Å². The summed E-state index contributed by atoms with van der Waals surface area (Å²) in [4.78, 5) is 13.0. The van der Waals surface area contributed by atoms with Gasteiger partial charge in [-0.25, -0.2) is 5.01 Å². The fraction of sp³-hybridized carbons (Fsp3) is 0.273. The van der Waals surface area contributed by atoms with E-state index in [4.69, 9.17) is 8.83 Å². The number of carbonyl (C=O) groups excluding carboxylic acids is 1. The lowest BCUT2D eigenvalue weighted by Crippen LogP contribution is -2.86. The Labute approximate surface area is 163 Å². The van der Waals surface area contributed by atoms with Crippen molar-refractivity contribution in [3.8, 4) is 0 Å². The van der Waals surface area contributed by atoms with Crippen molar-refractivity contribution >= 4 is 11.6 Å². The number of aryl methyl sites for hydroxylation is 1. The van der Waals surface area contributed by atoms with Gasteiger partial charge in [0, 0.05) is 6.42 Å². The van der Waals surface area contributed by atoms with Gasteiger partial charge in [-0.2, -0.15) is 5.10 Å². The molecule has 6 heteroatoms. The van der Waals surface area contributed by atoms with Crippen LogP contribution in [0.25, 0.3) is 0 Å². The fourth-order valence-corrected chi connectivity index (χ4v) is 3.40. The summed E-state index contributed by atoms with van der Waals surface area (Å²) in [5.74, 6) is 1.54. The second-order valence-corrected chi connectivity index (χ2v) is 7.13. The lowest BCUT2D eigenvalue weighted by Gasteiger charge is -2.19. The van der Waals surface area contributed by atoms with Gasteiger partial charge in [0.05, 0.1) is 18.2 Å². The second-order valence-electron chi connectivity index (χ2n) is 7.13. The maximum atomic E-state index is 13.0.